The molecule has 10 heteroatoms. The Labute approximate surface area is 217 Å². The summed E-state index contributed by atoms with van der Waals surface area (Å²) in [6.07, 6.45) is -0.590. The Kier molecular flexibility index (Phi) is 7.52. The Morgan fingerprint density at radius 1 is 1.08 bits per heavy atom. The second-order valence-electron chi connectivity index (χ2n) is 9.82. The van der Waals surface area contributed by atoms with Crippen LogP contribution in [0.1, 0.15) is 37.6 Å². The molecule has 1 aromatic heterocycles. The van der Waals surface area contributed by atoms with Gasteiger partial charge in [-0.05, 0) is 53.5 Å². The number of nitrogens with one attached hydrogen (secondary N) is 2. The van der Waals surface area contributed by atoms with Gasteiger partial charge in [-0.15, -0.1) is 0 Å². The highest BCUT2D eigenvalue weighted by atomic mass is 19.4. The first-order valence-corrected chi connectivity index (χ1v) is 11.8. The lowest BCUT2D eigenvalue weighted by Crippen LogP contribution is -2.41. The summed E-state index contributed by atoms with van der Waals surface area (Å²) in [7, 11) is 0. The summed E-state index contributed by atoms with van der Waals surface area (Å²) in [5, 5.41) is 5.72. The fourth-order valence-corrected chi connectivity index (χ4v) is 3.68. The first kappa shape index (κ1) is 26.8. The van der Waals surface area contributed by atoms with Crippen LogP contribution in [0, 0.1) is 11.2 Å². The molecule has 0 radical (unpaired) electrons. The van der Waals surface area contributed by atoms with Crippen molar-refractivity contribution in [3.63, 3.8) is 0 Å². The number of amidine groups is 1. The number of pyridine rings is 1. The van der Waals surface area contributed by atoms with Crippen LogP contribution in [-0.2, 0) is 11.0 Å². The first-order valence-electron chi connectivity index (χ1n) is 11.8. The lowest BCUT2D eigenvalue weighted by Gasteiger charge is -2.26. The van der Waals surface area contributed by atoms with Gasteiger partial charge >= 0.3 is 6.18 Å². The predicted octanol–water partition coefficient (Wildman–Crippen LogP) is 6.45. The smallest absolute Gasteiger partial charge is 0.419 e. The van der Waals surface area contributed by atoms with Crippen LogP contribution in [0.5, 0.6) is 11.5 Å². The van der Waals surface area contributed by atoms with Gasteiger partial charge in [0.2, 0.25) is 5.91 Å². The normalized spacial score (nSPS) is 15.8. The van der Waals surface area contributed by atoms with Gasteiger partial charge in [0, 0.05) is 24.0 Å². The number of nitrogens with zero attached hydrogens (tertiary/aromatic N) is 2. The molecule has 3 aromatic rings. The molecule has 0 saturated carbocycles. The van der Waals surface area contributed by atoms with Crippen LogP contribution < -0.4 is 15.4 Å². The summed E-state index contributed by atoms with van der Waals surface area (Å²) in [5.74, 6) is -0.318. The molecule has 1 aliphatic rings. The second kappa shape index (κ2) is 10.6. The van der Waals surface area contributed by atoms with E-state index in [4.69, 9.17) is 4.74 Å². The lowest BCUT2D eigenvalue weighted by atomic mass is 9.87. The summed E-state index contributed by atoms with van der Waals surface area (Å²) < 4.78 is 58.1. The molecule has 0 saturated heterocycles. The van der Waals surface area contributed by atoms with E-state index in [2.05, 4.69) is 41.4 Å². The van der Waals surface area contributed by atoms with E-state index in [1.54, 1.807) is 42.6 Å². The summed E-state index contributed by atoms with van der Waals surface area (Å²) >= 11 is 0. The van der Waals surface area contributed by atoms with Gasteiger partial charge in [-0.2, -0.15) is 13.2 Å². The molecule has 1 amide bonds. The number of halogens is 4. The van der Waals surface area contributed by atoms with Gasteiger partial charge in [0.05, 0.1) is 18.2 Å². The van der Waals surface area contributed by atoms with Crippen LogP contribution in [0.2, 0.25) is 0 Å². The number of aliphatic imine (C=N–C) groups is 1. The molecule has 0 bridgehead atoms. The molecular weight excluding hydrogens is 500 g/mol. The molecular formula is C28H26F4N4O2. The fourth-order valence-electron chi connectivity index (χ4n) is 3.68. The molecule has 0 spiro atoms. The van der Waals surface area contributed by atoms with Gasteiger partial charge in [-0.1, -0.05) is 32.9 Å². The molecule has 2 aromatic carbocycles. The van der Waals surface area contributed by atoms with Gasteiger partial charge in [0.1, 0.15) is 28.8 Å². The van der Waals surface area contributed by atoms with Gasteiger partial charge < -0.3 is 15.4 Å². The topological polar surface area (TPSA) is 75.6 Å². The largest absolute Gasteiger partial charge is 0.457 e. The highest BCUT2D eigenvalue weighted by molar-refractivity contribution is 6.02. The van der Waals surface area contributed by atoms with E-state index in [-0.39, 0.29) is 17.1 Å². The highest BCUT2D eigenvalue weighted by Gasteiger charge is 2.34. The predicted molar refractivity (Wildman–Crippen MR) is 138 cm³/mol. The standard InChI is InChI=1S/C28H26F4N4O2/c1-27(2,3)24-16-34-26(36-24)23-15-20(11-12-33-23)38-19-6-4-5-17(13-19)7-10-25(37)35-18-8-9-22(29)21(14-18)28(30,31)32/h4-15,24H,16H2,1-3H3,(H,34,36)(H,35,37)/b10-7+. The molecule has 198 valence electrons. The number of aromatic nitrogens is 1. The molecule has 38 heavy (non-hydrogen) atoms. The molecule has 1 atom stereocenters. The van der Waals surface area contributed by atoms with Crippen molar-refractivity contribution in [2.24, 2.45) is 10.4 Å². The summed E-state index contributed by atoms with van der Waals surface area (Å²) in [5.41, 5.74) is -0.287. The molecule has 1 aliphatic heterocycles. The number of anilines is 1. The van der Waals surface area contributed by atoms with Crippen molar-refractivity contribution in [2.45, 2.75) is 33.0 Å². The number of hydrogen-bond donors (Lipinski definition) is 2. The van der Waals surface area contributed by atoms with Crippen LogP contribution in [-0.4, -0.2) is 29.3 Å². The molecule has 4 rings (SSSR count). The van der Waals surface area contributed by atoms with Crippen LogP contribution >= 0.6 is 0 Å². The summed E-state index contributed by atoms with van der Waals surface area (Å²) in [6.45, 7) is 7.10. The maximum Gasteiger partial charge on any atom is 0.419 e. The minimum absolute atomic E-state index is 0.0508. The first-order chi connectivity index (χ1) is 17.9. The van der Waals surface area contributed by atoms with Gasteiger partial charge in [0.25, 0.3) is 0 Å². The van der Waals surface area contributed by atoms with Crippen LogP contribution in [0.15, 0.2) is 71.9 Å². The summed E-state index contributed by atoms with van der Waals surface area (Å²) in [4.78, 5) is 21.2. The number of carbonyl (C=O) groups excluding carboxylic acids is 1. The van der Waals surface area contributed by atoms with Crippen molar-refractivity contribution >= 4 is 23.5 Å². The van der Waals surface area contributed by atoms with Crippen molar-refractivity contribution in [1.29, 1.82) is 0 Å². The maximum absolute atomic E-state index is 13.5. The van der Waals surface area contributed by atoms with Crippen LogP contribution in [0.4, 0.5) is 23.2 Å². The Bertz CT molecular complexity index is 1390. The van der Waals surface area contributed by atoms with E-state index in [0.717, 1.165) is 12.1 Å². The average Bonchev–Trinajstić information content (AvgIpc) is 3.35. The van der Waals surface area contributed by atoms with Gasteiger partial charge in [-0.25, -0.2) is 4.39 Å². The number of ether oxygens (including phenoxy) is 1. The van der Waals surface area contributed by atoms with E-state index in [1.165, 1.54) is 6.08 Å². The number of alkyl halides is 3. The van der Waals surface area contributed by atoms with Crippen molar-refractivity contribution < 1.29 is 27.1 Å². The Balaban J connectivity index is 1.40. The third-order valence-corrected chi connectivity index (χ3v) is 5.82. The zero-order valence-electron chi connectivity index (χ0n) is 20.9. The molecule has 0 aliphatic carbocycles. The van der Waals surface area contributed by atoms with Crippen LogP contribution in [0.3, 0.4) is 0 Å². The lowest BCUT2D eigenvalue weighted by molar-refractivity contribution is -0.140. The van der Waals surface area contributed by atoms with E-state index >= 15 is 0 Å². The Morgan fingerprint density at radius 2 is 1.84 bits per heavy atom. The van der Waals surface area contributed by atoms with Crippen molar-refractivity contribution in [3.05, 3.63) is 89.5 Å². The van der Waals surface area contributed by atoms with E-state index in [0.29, 0.717) is 47.3 Å². The van der Waals surface area contributed by atoms with E-state index < -0.39 is 23.5 Å². The number of rotatable bonds is 6. The molecule has 1 unspecified atom stereocenters. The number of carbonyl (C=O) groups is 1. The SMILES string of the molecule is CC(C)(C)C1CN=C(c2cc(Oc3cccc(/C=C/C(=O)Nc4ccc(F)c(C(F)(F)F)c4)c3)ccn2)N1. The zero-order valence-corrected chi connectivity index (χ0v) is 20.9. The minimum Gasteiger partial charge on any atom is -0.457 e. The Hall–Kier alpha value is -4.21. The van der Waals surface area contributed by atoms with Crippen LogP contribution in [0.25, 0.3) is 6.08 Å². The highest BCUT2D eigenvalue weighted by Crippen LogP contribution is 2.33. The number of hydrogen-bond acceptors (Lipinski definition) is 5. The third-order valence-electron chi connectivity index (χ3n) is 5.82. The zero-order chi connectivity index (χ0) is 27.5. The maximum atomic E-state index is 13.5. The molecule has 2 N–H and O–H groups in total. The monoisotopic (exact) mass is 526 g/mol. The van der Waals surface area contributed by atoms with Crippen molar-refractivity contribution in [2.75, 3.05) is 11.9 Å². The van der Waals surface area contributed by atoms with E-state index in [1.807, 2.05) is 0 Å². The van der Waals surface area contributed by atoms with Gasteiger partial charge in [-0.3, -0.25) is 14.8 Å². The van der Waals surface area contributed by atoms with Crippen molar-refractivity contribution in [3.8, 4) is 11.5 Å². The number of benzene rings is 2. The summed E-state index contributed by atoms with van der Waals surface area (Å²) in [6, 6.07) is 12.9. The van der Waals surface area contributed by atoms with Gasteiger partial charge in [0.15, 0.2) is 0 Å². The Morgan fingerprint density at radius 3 is 2.55 bits per heavy atom. The quantitative estimate of drug-likeness (QED) is 0.286. The van der Waals surface area contributed by atoms with E-state index in [9.17, 15) is 22.4 Å². The third kappa shape index (κ3) is 6.76. The average molecular weight is 527 g/mol. The molecule has 6 nitrogen and oxygen atoms in total. The minimum atomic E-state index is -4.87. The molecule has 2 heterocycles. The van der Waals surface area contributed by atoms with Crippen molar-refractivity contribution in [1.82, 2.24) is 10.3 Å². The fraction of sp³-hybridized carbons (Fsp3) is 0.250. The second-order valence-corrected chi connectivity index (χ2v) is 9.82. The number of amides is 1. The molecule has 0 fully saturated rings.